The lowest BCUT2D eigenvalue weighted by atomic mass is 10.2. The number of nitrogens with zero attached hydrogens (tertiary/aromatic N) is 2. The van der Waals surface area contributed by atoms with E-state index in [0.717, 1.165) is 16.9 Å². The van der Waals surface area contributed by atoms with Gasteiger partial charge in [-0.1, -0.05) is 12.1 Å². The molecule has 7 heteroatoms. The van der Waals surface area contributed by atoms with Gasteiger partial charge in [0.05, 0.1) is 11.0 Å². The molecule has 0 radical (unpaired) electrons. The molecule has 0 bridgehead atoms. The summed E-state index contributed by atoms with van der Waals surface area (Å²) >= 11 is 0. The van der Waals surface area contributed by atoms with Crippen molar-refractivity contribution in [1.82, 2.24) is 20.2 Å². The van der Waals surface area contributed by atoms with E-state index in [1.807, 2.05) is 52.0 Å². The van der Waals surface area contributed by atoms with E-state index >= 15 is 0 Å². The highest BCUT2D eigenvalue weighted by molar-refractivity contribution is 5.77. The van der Waals surface area contributed by atoms with Crippen molar-refractivity contribution in [3.8, 4) is 0 Å². The van der Waals surface area contributed by atoms with E-state index in [1.165, 1.54) is 0 Å². The molecule has 0 saturated heterocycles. The summed E-state index contributed by atoms with van der Waals surface area (Å²) in [6.45, 7) is 9.02. The van der Waals surface area contributed by atoms with Gasteiger partial charge < -0.3 is 19.9 Å². The molecule has 1 aromatic heterocycles. The highest BCUT2D eigenvalue weighted by atomic mass is 16.6. The minimum absolute atomic E-state index is 0.0296. The van der Waals surface area contributed by atoms with Gasteiger partial charge in [-0.15, -0.1) is 0 Å². The van der Waals surface area contributed by atoms with Crippen LogP contribution in [0.15, 0.2) is 24.3 Å². The number of carbonyl (C=O) groups excluding carboxylic acids is 2. The number of benzene rings is 1. The maximum atomic E-state index is 11.9. The number of nitrogens with one attached hydrogen (secondary N) is 2. The largest absolute Gasteiger partial charge is 0.444 e. The second-order valence-corrected chi connectivity index (χ2v) is 7.18. The Morgan fingerprint density at radius 3 is 2.62 bits per heavy atom. The van der Waals surface area contributed by atoms with E-state index < -0.39 is 11.7 Å². The summed E-state index contributed by atoms with van der Waals surface area (Å²) in [7, 11) is 0. The number of rotatable bonds is 7. The molecule has 0 aliphatic rings. The van der Waals surface area contributed by atoms with Crippen LogP contribution in [-0.4, -0.2) is 40.2 Å². The second-order valence-electron chi connectivity index (χ2n) is 7.18. The van der Waals surface area contributed by atoms with E-state index in [-0.39, 0.29) is 5.91 Å². The predicted octanol–water partition coefficient (Wildman–Crippen LogP) is 2.77. The van der Waals surface area contributed by atoms with Crippen molar-refractivity contribution in [2.24, 2.45) is 0 Å². The smallest absolute Gasteiger partial charge is 0.407 e. The van der Waals surface area contributed by atoms with Crippen molar-refractivity contribution >= 4 is 23.0 Å². The molecule has 2 rings (SSSR count). The quantitative estimate of drug-likeness (QED) is 0.744. The fraction of sp³-hybridized carbons (Fsp3) is 0.526. The molecular weight excluding hydrogens is 332 g/mol. The lowest BCUT2D eigenvalue weighted by molar-refractivity contribution is -0.121. The standard InChI is InChI=1S/C19H28N4O3/c1-14-22-15-8-5-6-9-16(15)23(14)13-12-20-17(24)10-7-11-21-18(25)26-19(2,3)4/h5-6,8-9H,7,10-13H2,1-4H3,(H,20,24)(H,21,25). The molecule has 0 aliphatic heterocycles. The average molecular weight is 360 g/mol. The van der Waals surface area contributed by atoms with Crippen LogP contribution in [0.5, 0.6) is 0 Å². The third-order valence-corrected chi connectivity index (χ3v) is 3.75. The van der Waals surface area contributed by atoms with Crippen molar-refractivity contribution in [1.29, 1.82) is 0 Å². The monoisotopic (exact) mass is 360 g/mol. The maximum Gasteiger partial charge on any atom is 0.407 e. The number of hydrogen-bond donors (Lipinski definition) is 2. The number of alkyl carbamates (subject to hydrolysis) is 1. The van der Waals surface area contributed by atoms with Crippen LogP contribution < -0.4 is 10.6 Å². The minimum Gasteiger partial charge on any atom is -0.444 e. The Hall–Kier alpha value is -2.57. The Bertz CT molecular complexity index is 762. The molecule has 0 fully saturated rings. The Balaban J connectivity index is 1.66. The number of ether oxygens (including phenoxy) is 1. The zero-order chi connectivity index (χ0) is 19.2. The molecule has 2 N–H and O–H groups in total. The first-order valence-electron chi connectivity index (χ1n) is 8.92. The van der Waals surface area contributed by atoms with Crippen LogP contribution in [0.2, 0.25) is 0 Å². The summed E-state index contributed by atoms with van der Waals surface area (Å²) in [5.41, 5.74) is 1.52. The lowest BCUT2D eigenvalue weighted by Crippen LogP contribution is -2.33. The summed E-state index contributed by atoms with van der Waals surface area (Å²) in [6.07, 6.45) is 0.470. The normalized spacial score (nSPS) is 11.4. The Labute approximate surface area is 154 Å². The van der Waals surface area contributed by atoms with Crippen molar-refractivity contribution < 1.29 is 14.3 Å². The first kappa shape index (κ1) is 19.8. The number of para-hydroxylation sites is 2. The van der Waals surface area contributed by atoms with Gasteiger partial charge in [0.15, 0.2) is 0 Å². The first-order valence-corrected chi connectivity index (χ1v) is 8.92. The van der Waals surface area contributed by atoms with Crippen LogP contribution in [0.1, 0.15) is 39.4 Å². The van der Waals surface area contributed by atoms with Crippen LogP contribution in [0, 0.1) is 6.92 Å². The Morgan fingerprint density at radius 1 is 1.15 bits per heavy atom. The number of aromatic nitrogens is 2. The predicted molar refractivity (Wildman–Crippen MR) is 101 cm³/mol. The molecular formula is C19H28N4O3. The molecule has 1 heterocycles. The number of carbonyl (C=O) groups is 2. The van der Waals surface area contributed by atoms with Crippen LogP contribution in [-0.2, 0) is 16.1 Å². The minimum atomic E-state index is -0.517. The number of fused-ring (bicyclic) bond motifs is 1. The van der Waals surface area contributed by atoms with Gasteiger partial charge in [0, 0.05) is 26.1 Å². The van der Waals surface area contributed by atoms with Crippen molar-refractivity contribution in [3.63, 3.8) is 0 Å². The van der Waals surface area contributed by atoms with Crippen LogP contribution in [0.4, 0.5) is 4.79 Å². The van der Waals surface area contributed by atoms with E-state index in [0.29, 0.717) is 32.5 Å². The molecule has 7 nitrogen and oxygen atoms in total. The van der Waals surface area contributed by atoms with Gasteiger partial charge in [-0.3, -0.25) is 4.79 Å². The highest BCUT2D eigenvalue weighted by Crippen LogP contribution is 2.14. The summed E-state index contributed by atoms with van der Waals surface area (Å²) in [4.78, 5) is 27.9. The number of hydrogen-bond acceptors (Lipinski definition) is 4. The molecule has 0 aliphatic carbocycles. The van der Waals surface area contributed by atoms with E-state index in [9.17, 15) is 9.59 Å². The Kier molecular flexibility index (Phi) is 6.60. The maximum absolute atomic E-state index is 11.9. The van der Waals surface area contributed by atoms with Gasteiger partial charge in [-0.25, -0.2) is 9.78 Å². The average Bonchev–Trinajstić information content (AvgIpc) is 2.86. The van der Waals surface area contributed by atoms with Crippen LogP contribution in [0.3, 0.4) is 0 Å². The SMILES string of the molecule is Cc1nc2ccccc2n1CCNC(=O)CCCNC(=O)OC(C)(C)C. The lowest BCUT2D eigenvalue weighted by Gasteiger charge is -2.19. The van der Waals surface area contributed by atoms with Gasteiger partial charge in [-0.2, -0.15) is 0 Å². The highest BCUT2D eigenvalue weighted by Gasteiger charge is 2.15. The van der Waals surface area contributed by atoms with Gasteiger partial charge in [-0.05, 0) is 46.2 Å². The molecule has 0 saturated carbocycles. The Morgan fingerprint density at radius 2 is 1.88 bits per heavy atom. The zero-order valence-electron chi connectivity index (χ0n) is 16.0. The van der Waals surface area contributed by atoms with Crippen molar-refractivity contribution in [2.75, 3.05) is 13.1 Å². The number of aryl methyl sites for hydroxylation is 1. The summed E-state index contributed by atoms with van der Waals surface area (Å²) in [5.74, 6) is 0.903. The van der Waals surface area contributed by atoms with Gasteiger partial charge in [0.25, 0.3) is 0 Å². The van der Waals surface area contributed by atoms with Gasteiger partial charge >= 0.3 is 6.09 Å². The summed E-state index contributed by atoms with van der Waals surface area (Å²) < 4.78 is 7.23. The molecule has 142 valence electrons. The molecule has 0 atom stereocenters. The summed E-state index contributed by atoms with van der Waals surface area (Å²) in [5, 5.41) is 5.55. The molecule has 0 spiro atoms. The van der Waals surface area contributed by atoms with Gasteiger partial charge in [0.2, 0.25) is 5.91 Å². The van der Waals surface area contributed by atoms with E-state index in [2.05, 4.69) is 20.2 Å². The van der Waals surface area contributed by atoms with Crippen LogP contribution in [0.25, 0.3) is 11.0 Å². The fourth-order valence-corrected chi connectivity index (χ4v) is 2.63. The molecule has 26 heavy (non-hydrogen) atoms. The zero-order valence-corrected chi connectivity index (χ0v) is 16.0. The first-order chi connectivity index (χ1) is 12.3. The van der Waals surface area contributed by atoms with Crippen LogP contribution >= 0.6 is 0 Å². The molecule has 2 aromatic rings. The van der Waals surface area contributed by atoms with E-state index in [1.54, 1.807) is 0 Å². The fourth-order valence-electron chi connectivity index (χ4n) is 2.63. The summed E-state index contributed by atoms with van der Waals surface area (Å²) in [6, 6.07) is 7.96. The molecule has 1 aromatic carbocycles. The van der Waals surface area contributed by atoms with E-state index in [4.69, 9.17) is 4.74 Å². The topological polar surface area (TPSA) is 85.3 Å². The van der Waals surface area contributed by atoms with Gasteiger partial charge in [0.1, 0.15) is 11.4 Å². The third-order valence-electron chi connectivity index (χ3n) is 3.75. The number of imidazole rings is 1. The molecule has 2 amide bonds. The third kappa shape index (κ3) is 6.06. The number of amides is 2. The second kappa shape index (κ2) is 8.69. The van der Waals surface area contributed by atoms with Crippen molar-refractivity contribution in [3.05, 3.63) is 30.1 Å². The van der Waals surface area contributed by atoms with Crippen molar-refractivity contribution in [2.45, 2.75) is 52.7 Å². The molecule has 0 unspecified atom stereocenters.